The van der Waals surface area contributed by atoms with Crippen LogP contribution < -0.4 is 10.2 Å². The molecule has 3 aliphatic heterocycles. The standard InChI is InChI=1S/C22H32F3N5O2/c23-22(24,25)19-11-20(30-3-7-32-8-4-30)27-28-21(19)26-18-9-16-13-29(14-17(16)10-18)12-15-1-5-31-6-2-15/h11,15-18H,1-10,12-14H2,(H,26,28)/t16-,17+,18+. The Labute approximate surface area is 186 Å². The highest BCUT2D eigenvalue weighted by atomic mass is 19.4. The fraction of sp³-hybridized carbons (Fsp3) is 0.818. The molecule has 5 rings (SSSR count). The summed E-state index contributed by atoms with van der Waals surface area (Å²) in [5.41, 5.74) is -0.729. The lowest BCUT2D eigenvalue weighted by Crippen LogP contribution is -2.37. The van der Waals surface area contributed by atoms with Gasteiger partial charge in [-0.2, -0.15) is 13.2 Å². The van der Waals surface area contributed by atoms with Crippen molar-refractivity contribution < 1.29 is 22.6 Å². The molecule has 1 saturated carbocycles. The zero-order chi connectivity index (χ0) is 22.1. The summed E-state index contributed by atoms with van der Waals surface area (Å²) in [6, 6.07) is 1.14. The van der Waals surface area contributed by atoms with Crippen LogP contribution in [0.3, 0.4) is 0 Å². The van der Waals surface area contributed by atoms with Crippen molar-refractivity contribution in [1.82, 2.24) is 15.1 Å². The molecule has 4 fully saturated rings. The first kappa shape index (κ1) is 22.2. The van der Waals surface area contributed by atoms with Crippen molar-refractivity contribution >= 4 is 11.6 Å². The summed E-state index contributed by atoms with van der Waals surface area (Å²) in [5.74, 6) is 1.92. The van der Waals surface area contributed by atoms with Crippen molar-refractivity contribution in [3.05, 3.63) is 11.6 Å². The molecule has 3 atom stereocenters. The van der Waals surface area contributed by atoms with Gasteiger partial charge in [0, 0.05) is 52.0 Å². The maximum Gasteiger partial charge on any atom is 0.420 e. The van der Waals surface area contributed by atoms with Gasteiger partial charge in [-0.1, -0.05) is 0 Å². The maximum atomic E-state index is 13.8. The molecule has 1 aliphatic carbocycles. The Morgan fingerprint density at radius 2 is 1.62 bits per heavy atom. The molecule has 4 aliphatic rings. The van der Waals surface area contributed by atoms with E-state index < -0.39 is 11.7 Å². The number of alkyl halides is 3. The number of anilines is 2. The molecule has 1 N–H and O–H groups in total. The van der Waals surface area contributed by atoms with Gasteiger partial charge in [0.1, 0.15) is 5.56 Å². The van der Waals surface area contributed by atoms with E-state index in [0.29, 0.717) is 44.1 Å². The van der Waals surface area contributed by atoms with Gasteiger partial charge in [-0.3, -0.25) is 0 Å². The first-order valence-electron chi connectivity index (χ1n) is 11.8. The van der Waals surface area contributed by atoms with E-state index >= 15 is 0 Å². The fourth-order valence-electron chi connectivity index (χ4n) is 5.80. The van der Waals surface area contributed by atoms with Crippen LogP contribution in [0.2, 0.25) is 0 Å². The van der Waals surface area contributed by atoms with Gasteiger partial charge in [0.15, 0.2) is 11.6 Å². The van der Waals surface area contributed by atoms with E-state index in [4.69, 9.17) is 9.47 Å². The van der Waals surface area contributed by atoms with Crippen molar-refractivity contribution in [2.75, 3.05) is 69.4 Å². The van der Waals surface area contributed by atoms with Gasteiger partial charge < -0.3 is 24.6 Å². The summed E-state index contributed by atoms with van der Waals surface area (Å²) < 4.78 is 52.2. The van der Waals surface area contributed by atoms with Gasteiger partial charge in [0.25, 0.3) is 0 Å². The van der Waals surface area contributed by atoms with Crippen molar-refractivity contribution in [3.63, 3.8) is 0 Å². The van der Waals surface area contributed by atoms with Gasteiger partial charge in [-0.15, -0.1) is 10.2 Å². The van der Waals surface area contributed by atoms with E-state index in [9.17, 15) is 13.2 Å². The zero-order valence-electron chi connectivity index (χ0n) is 18.3. The molecule has 0 spiro atoms. The molecule has 178 valence electrons. The van der Waals surface area contributed by atoms with Crippen LogP contribution in [0, 0.1) is 17.8 Å². The SMILES string of the molecule is FC(F)(F)c1cc(N2CCOCC2)nnc1N[C@H]1C[C@@H]2CN(CC3CCOCC3)C[C@@H]2C1. The van der Waals surface area contributed by atoms with Crippen LogP contribution in [-0.2, 0) is 15.7 Å². The molecule has 4 heterocycles. The van der Waals surface area contributed by atoms with E-state index in [1.54, 1.807) is 4.90 Å². The lowest BCUT2D eigenvalue weighted by Gasteiger charge is -2.28. The minimum absolute atomic E-state index is 0.0138. The molecule has 0 amide bonds. The topological polar surface area (TPSA) is 62.8 Å². The first-order chi connectivity index (χ1) is 15.5. The average molecular weight is 456 g/mol. The molecule has 0 radical (unpaired) electrons. The highest BCUT2D eigenvalue weighted by Crippen LogP contribution is 2.41. The monoisotopic (exact) mass is 455 g/mol. The third-order valence-corrected chi connectivity index (χ3v) is 7.45. The normalized spacial score (nSPS) is 30.0. The van der Waals surface area contributed by atoms with E-state index in [0.717, 1.165) is 64.6 Å². The number of fused-ring (bicyclic) bond motifs is 1. The number of hydrogen-bond donors (Lipinski definition) is 1. The second-order valence-electron chi connectivity index (χ2n) is 9.67. The van der Waals surface area contributed by atoms with Crippen molar-refractivity contribution in [2.24, 2.45) is 17.8 Å². The molecule has 10 heteroatoms. The summed E-state index contributed by atoms with van der Waals surface area (Å²) in [6.07, 6.45) is -0.433. The Morgan fingerprint density at radius 3 is 2.28 bits per heavy atom. The molecule has 32 heavy (non-hydrogen) atoms. The second kappa shape index (κ2) is 9.30. The van der Waals surface area contributed by atoms with Crippen molar-refractivity contribution in [3.8, 4) is 0 Å². The average Bonchev–Trinajstić information content (AvgIpc) is 3.32. The lowest BCUT2D eigenvalue weighted by atomic mass is 10.00. The number of halogens is 3. The number of aromatic nitrogens is 2. The Morgan fingerprint density at radius 1 is 0.969 bits per heavy atom. The highest BCUT2D eigenvalue weighted by molar-refractivity contribution is 5.53. The molecule has 1 aromatic heterocycles. The number of morpholine rings is 1. The van der Waals surface area contributed by atoms with Gasteiger partial charge in [-0.05, 0) is 49.5 Å². The Bertz CT molecular complexity index is 769. The number of hydrogen-bond acceptors (Lipinski definition) is 7. The van der Waals surface area contributed by atoms with Crippen LogP contribution >= 0.6 is 0 Å². The quantitative estimate of drug-likeness (QED) is 0.733. The molecular weight excluding hydrogens is 423 g/mol. The number of nitrogens with zero attached hydrogens (tertiary/aromatic N) is 4. The molecule has 0 unspecified atom stereocenters. The molecular formula is C22H32F3N5O2. The molecule has 3 saturated heterocycles. The Balaban J connectivity index is 1.20. The van der Waals surface area contributed by atoms with E-state index in [-0.39, 0.29) is 17.7 Å². The van der Waals surface area contributed by atoms with Crippen LogP contribution in [0.4, 0.5) is 24.8 Å². The minimum atomic E-state index is -4.48. The van der Waals surface area contributed by atoms with E-state index in [2.05, 4.69) is 20.4 Å². The zero-order valence-corrected chi connectivity index (χ0v) is 18.3. The van der Waals surface area contributed by atoms with Crippen LogP contribution in [0.1, 0.15) is 31.2 Å². The highest BCUT2D eigenvalue weighted by Gasteiger charge is 2.43. The number of rotatable bonds is 5. The predicted molar refractivity (Wildman–Crippen MR) is 114 cm³/mol. The summed E-state index contributed by atoms with van der Waals surface area (Å²) in [5, 5.41) is 11.2. The number of likely N-dealkylation sites (tertiary alicyclic amines) is 1. The summed E-state index contributed by atoms with van der Waals surface area (Å²) in [6.45, 7) is 6.97. The van der Waals surface area contributed by atoms with Crippen LogP contribution in [0.25, 0.3) is 0 Å². The minimum Gasteiger partial charge on any atom is -0.381 e. The Kier molecular flexibility index (Phi) is 6.44. The van der Waals surface area contributed by atoms with Gasteiger partial charge in [0.2, 0.25) is 0 Å². The molecule has 7 nitrogen and oxygen atoms in total. The third kappa shape index (κ3) is 4.97. The lowest BCUT2D eigenvalue weighted by molar-refractivity contribution is -0.137. The molecule has 1 aromatic rings. The van der Waals surface area contributed by atoms with Gasteiger partial charge in [0.05, 0.1) is 13.2 Å². The van der Waals surface area contributed by atoms with Crippen LogP contribution in [0.5, 0.6) is 0 Å². The second-order valence-corrected chi connectivity index (χ2v) is 9.67. The van der Waals surface area contributed by atoms with Crippen LogP contribution in [-0.4, -0.2) is 80.3 Å². The largest absolute Gasteiger partial charge is 0.420 e. The fourth-order valence-corrected chi connectivity index (χ4v) is 5.80. The predicted octanol–water partition coefficient (Wildman–Crippen LogP) is 2.88. The van der Waals surface area contributed by atoms with Crippen molar-refractivity contribution in [1.29, 1.82) is 0 Å². The third-order valence-electron chi connectivity index (χ3n) is 7.45. The van der Waals surface area contributed by atoms with Crippen LogP contribution in [0.15, 0.2) is 6.07 Å². The molecule has 0 aromatic carbocycles. The van der Waals surface area contributed by atoms with E-state index in [1.165, 1.54) is 0 Å². The number of nitrogens with one attached hydrogen (secondary N) is 1. The van der Waals surface area contributed by atoms with Crippen molar-refractivity contribution in [2.45, 2.75) is 37.9 Å². The summed E-state index contributed by atoms with van der Waals surface area (Å²) in [7, 11) is 0. The molecule has 0 bridgehead atoms. The number of ether oxygens (including phenoxy) is 2. The van der Waals surface area contributed by atoms with Gasteiger partial charge >= 0.3 is 6.18 Å². The van der Waals surface area contributed by atoms with Gasteiger partial charge in [-0.25, -0.2) is 0 Å². The van der Waals surface area contributed by atoms with E-state index in [1.807, 2.05) is 0 Å². The summed E-state index contributed by atoms with van der Waals surface area (Å²) >= 11 is 0. The maximum absolute atomic E-state index is 13.8. The summed E-state index contributed by atoms with van der Waals surface area (Å²) in [4.78, 5) is 4.35. The first-order valence-corrected chi connectivity index (χ1v) is 11.8. The smallest absolute Gasteiger partial charge is 0.381 e. The Hall–Kier alpha value is -1.65.